The summed E-state index contributed by atoms with van der Waals surface area (Å²) in [7, 11) is 1.94. The highest BCUT2D eigenvalue weighted by atomic mass is 16.2. The molecule has 2 rings (SSSR count). The van der Waals surface area contributed by atoms with Crippen LogP contribution in [0.2, 0.25) is 0 Å². The highest BCUT2D eigenvalue weighted by Crippen LogP contribution is 2.27. The number of pyridine rings is 1. The summed E-state index contributed by atoms with van der Waals surface area (Å²) in [6.45, 7) is 10.0. The minimum Gasteiger partial charge on any atom is -0.399 e. The van der Waals surface area contributed by atoms with Gasteiger partial charge in [0.15, 0.2) is 5.43 Å². The molecular weight excluding hydrogens is 350 g/mol. The van der Waals surface area contributed by atoms with Crippen LogP contribution in [-0.4, -0.2) is 10.5 Å². The van der Waals surface area contributed by atoms with Crippen LogP contribution in [0.25, 0.3) is 0 Å². The molecule has 5 heteroatoms. The second kappa shape index (κ2) is 9.09. The molecule has 0 aliphatic rings. The van der Waals surface area contributed by atoms with Crippen LogP contribution in [0.4, 0.5) is 11.4 Å². The number of nitrogens with two attached hydrogens (primary N) is 1. The molecular formula is C23H33N3O2. The quantitative estimate of drug-likeness (QED) is 0.705. The number of benzene rings is 1. The second-order valence-corrected chi connectivity index (χ2v) is 7.25. The first kappa shape index (κ1) is 21.7. The third-order valence-electron chi connectivity index (χ3n) is 5.53. The number of carbonyl (C=O) groups is 1. The van der Waals surface area contributed by atoms with Gasteiger partial charge in [-0.1, -0.05) is 34.1 Å². The van der Waals surface area contributed by atoms with Crippen LogP contribution in [0.3, 0.4) is 0 Å². The normalized spacial score (nSPS) is 10.9. The standard InChI is InChI=1S/C23H33N3O2/c1-7-11-19-20(22(27)18(10-4)14(5)26(19)6)23(28)25-21-15(8-2)12-17(24)13-16(21)9-3/h12-13H,7-11,24H2,1-6H3,(H,25,28). The molecule has 1 aromatic heterocycles. The SMILES string of the molecule is CCCc1c(C(=O)Nc2c(CC)cc(N)cc2CC)c(=O)c(CC)c(C)n1C. The lowest BCUT2D eigenvalue weighted by Crippen LogP contribution is -2.31. The number of carbonyl (C=O) groups excluding carboxylic acids is 1. The van der Waals surface area contributed by atoms with Crippen molar-refractivity contribution in [2.75, 3.05) is 11.1 Å². The van der Waals surface area contributed by atoms with Crippen LogP contribution < -0.4 is 16.5 Å². The van der Waals surface area contributed by atoms with Crippen molar-refractivity contribution in [3.63, 3.8) is 0 Å². The number of nitrogens with zero attached hydrogens (tertiary/aromatic N) is 1. The molecule has 28 heavy (non-hydrogen) atoms. The van der Waals surface area contributed by atoms with Crippen molar-refractivity contribution in [3.8, 4) is 0 Å². The summed E-state index contributed by atoms with van der Waals surface area (Å²) < 4.78 is 2.00. The van der Waals surface area contributed by atoms with E-state index < -0.39 is 0 Å². The lowest BCUT2D eigenvalue weighted by Gasteiger charge is -2.20. The van der Waals surface area contributed by atoms with Gasteiger partial charge in [0.2, 0.25) is 0 Å². The van der Waals surface area contributed by atoms with Crippen molar-refractivity contribution in [1.29, 1.82) is 0 Å². The third kappa shape index (κ3) is 3.98. The van der Waals surface area contributed by atoms with Gasteiger partial charge < -0.3 is 15.6 Å². The Morgan fingerprint density at radius 1 is 1.07 bits per heavy atom. The predicted molar refractivity (Wildman–Crippen MR) is 117 cm³/mol. The molecule has 0 radical (unpaired) electrons. The van der Waals surface area contributed by atoms with E-state index in [-0.39, 0.29) is 16.9 Å². The first-order valence-electron chi connectivity index (χ1n) is 10.2. The highest BCUT2D eigenvalue weighted by Gasteiger charge is 2.23. The molecule has 0 saturated carbocycles. The maximum absolute atomic E-state index is 13.3. The number of nitrogen functional groups attached to an aromatic ring is 1. The Bertz CT molecular complexity index is 917. The molecule has 0 atom stereocenters. The molecule has 0 aliphatic carbocycles. The molecule has 2 aromatic rings. The Balaban J connectivity index is 2.66. The lowest BCUT2D eigenvalue weighted by molar-refractivity contribution is 0.102. The first-order chi connectivity index (χ1) is 13.3. The van der Waals surface area contributed by atoms with Gasteiger partial charge in [0, 0.05) is 35.4 Å². The molecule has 0 fully saturated rings. The second-order valence-electron chi connectivity index (χ2n) is 7.25. The monoisotopic (exact) mass is 383 g/mol. The van der Waals surface area contributed by atoms with E-state index in [1.165, 1.54) is 0 Å². The topological polar surface area (TPSA) is 77.1 Å². The summed E-state index contributed by atoms with van der Waals surface area (Å²) in [5.41, 5.74) is 12.0. The smallest absolute Gasteiger partial charge is 0.261 e. The largest absolute Gasteiger partial charge is 0.399 e. The summed E-state index contributed by atoms with van der Waals surface area (Å²) in [6.07, 6.45) is 3.65. The number of nitrogens with one attached hydrogen (secondary N) is 1. The molecule has 3 N–H and O–H groups in total. The van der Waals surface area contributed by atoms with Crippen molar-refractivity contribution in [3.05, 3.63) is 56.0 Å². The highest BCUT2D eigenvalue weighted by molar-refractivity contribution is 6.06. The Morgan fingerprint density at radius 2 is 1.64 bits per heavy atom. The fraction of sp³-hybridized carbons (Fsp3) is 0.478. The molecule has 0 saturated heterocycles. The van der Waals surface area contributed by atoms with Gasteiger partial charge in [0.1, 0.15) is 5.56 Å². The zero-order chi connectivity index (χ0) is 21.0. The average Bonchev–Trinajstić information content (AvgIpc) is 2.67. The summed E-state index contributed by atoms with van der Waals surface area (Å²) in [6, 6.07) is 3.79. The van der Waals surface area contributed by atoms with Gasteiger partial charge in [-0.15, -0.1) is 0 Å². The van der Waals surface area contributed by atoms with Gasteiger partial charge in [-0.2, -0.15) is 0 Å². The van der Waals surface area contributed by atoms with Gasteiger partial charge >= 0.3 is 0 Å². The number of rotatable bonds is 7. The van der Waals surface area contributed by atoms with Gasteiger partial charge in [-0.25, -0.2) is 0 Å². The zero-order valence-electron chi connectivity index (χ0n) is 18.0. The average molecular weight is 384 g/mol. The van der Waals surface area contributed by atoms with Crippen molar-refractivity contribution < 1.29 is 4.79 Å². The summed E-state index contributed by atoms with van der Waals surface area (Å²) in [4.78, 5) is 26.5. The van der Waals surface area contributed by atoms with Crippen molar-refractivity contribution in [2.24, 2.45) is 7.05 Å². The molecule has 0 bridgehead atoms. The van der Waals surface area contributed by atoms with Gasteiger partial charge in [-0.3, -0.25) is 9.59 Å². The van der Waals surface area contributed by atoms with E-state index >= 15 is 0 Å². The Hall–Kier alpha value is -2.56. The molecule has 152 valence electrons. The minimum absolute atomic E-state index is 0.148. The fourth-order valence-corrected chi connectivity index (χ4v) is 3.89. The third-order valence-corrected chi connectivity index (χ3v) is 5.53. The molecule has 0 spiro atoms. The maximum Gasteiger partial charge on any atom is 0.261 e. The zero-order valence-corrected chi connectivity index (χ0v) is 18.0. The van der Waals surface area contributed by atoms with E-state index in [2.05, 4.69) is 12.2 Å². The van der Waals surface area contributed by atoms with E-state index in [0.29, 0.717) is 24.1 Å². The molecule has 1 heterocycles. The van der Waals surface area contributed by atoms with Crippen LogP contribution in [0.1, 0.15) is 72.6 Å². The van der Waals surface area contributed by atoms with Gasteiger partial charge in [-0.05, 0) is 55.9 Å². The molecule has 1 aromatic carbocycles. The van der Waals surface area contributed by atoms with Crippen LogP contribution in [0.15, 0.2) is 16.9 Å². The number of anilines is 2. The minimum atomic E-state index is -0.326. The van der Waals surface area contributed by atoms with Crippen molar-refractivity contribution >= 4 is 17.3 Å². The number of hydrogen-bond donors (Lipinski definition) is 2. The fourth-order valence-electron chi connectivity index (χ4n) is 3.89. The molecule has 0 aliphatic heterocycles. The Morgan fingerprint density at radius 3 is 2.11 bits per heavy atom. The van der Waals surface area contributed by atoms with Crippen molar-refractivity contribution in [2.45, 2.75) is 66.7 Å². The Labute approximate surface area is 168 Å². The molecule has 5 nitrogen and oxygen atoms in total. The van der Waals surface area contributed by atoms with Gasteiger partial charge in [0.05, 0.1) is 0 Å². The number of amides is 1. The van der Waals surface area contributed by atoms with E-state index in [0.717, 1.165) is 47.5 Å². The summed E-state index contributed by atoms with van der Waals surface area (Å²) in [5, 5.41) is 3.05. The summed E-state index contributed by atoms with van der Waals surface area (Å²) in [5.74, 6) is -0.326. The molecule has 1 amide bonds. The number of aromatic nitrogens is 1. The van der Waals surface area contributed by atoms with Crippen LogP contribution in [0, 0.1) is 6.92 Å². The summed E-state index contributed by atoms with van der Waals surface area (Å²) >= 11 is 0. The predicted octanol–water partition coefficient (Wildman–Crippen LogP) is 4.17. The maximum atomic E-state index is 13.3. The van der Waals surface area contributed by atoms with E-state index in [9.17, 15) is 9.59 Å². The van der Waals surface area contributed by atoms with E-state index in [1.807, 2.05) is 51.4 Å². The van der Waals surface area contributed by atoms with Crippen LogP contribution >= 0.6 is 0 Å². The van der Waals surface area contributed by atoms with Crippen LogP contribution in [0.5, 0.6) is 0 Å². The van der Waals surface area contributed by atoms with E-state index in [4.69, 9.17) is 5.73 Å². The lowest BCUT2D eigenvalue weighted by atomic mass is 9.99. The number of hydrogen-bond acceptors (Lipinski definition) is 3. The first-order valence-corrected chi connectivity index (χ1v) is 10.2. The number of aryl methyl sites for hydroxylation is 2. The van der Waals surface area contributed by atoms with E-state index in [1.54, 1.807) is 0 Å². The Kier molecular flexibility index (Phi) is 7.05. The van der Waals surface area contributed by atoms with Crippen LogP contribution in [-0.2, 0) is 32.7 Å². The van der Waals surface area contributed by atoms with Gasteiger partial charge in [0.25, 0.3) is 5.91 Å². The van der Waals surface area contributed by atoms with Crippen molar-refractivity contribution in [1.82, 2.24) is 4.57 Å². The molecule has 0 unspecified atom stereocenters.